The van der Waals surface area contributed by atoms with Crippen LogP contribution in [0.4, 0.5) is 0 Å². The van der Waals surface area contributed by atoms with Gasteiger partial charge in [-0.1, -0.05) is 12.8 Å². The summed E-state index contributed by atoms with van der Waals surface area (Å²) >= 11 is 0. The molecule has 19 heavy (non-hydrogen) atoms. The van der Waals surface area contributed by atoms with Gasteiger partial charge in [0.1, 0.15) is 11.5 Å². The quantitative estimate of drug-likeness (QED) is 0.906. The number of rotatable bonds is 4. The van der Waals surface area contributed by atoms with Gasteiger partial charge in [-0.15, -0.1) is 0 Å². The summed E-state index contributed by atoms with van der Waals surface area (Å²) < 4.78 is 5.55. The summed E-state index contributed by atoms with van der Waals surface area (Å²) in [6, 6.07) is 3.87. The molecule has 2 rings (SSSR count). The highest BCUT2D eigenvalue weighted by molar-refractivity contribution is 5.79. The second-order valence-corrected chi connectivity index (χ2v) is 5.39. The van der Waals surface area contributed by atoms with E-state index in [0.717, 1.165) is 37.5 Å². The average molecular weight is 264 g/mol. The van der Waals surface area contributed by atoms with E-state index in [9.17, 15) is 4.79 Å². The Bertz CT molecular complexity index is 406. The lowest BCUT2D eigenvalue weighted by molar-refractivity contribution is -0.135. The van der Waals surface area contributed by atoms with Crippen LogP contribution in [0.2, 0.25) is 0 Å². The lowest BCUT2D eigenvalue weighted by Gasteiger charge is -2.25. The number of carbonyl (C=O) groups is 1. The van der Waals surface area contributed by atoms with Crippen LogP contribution in [0.5, 0.6) is 0 Å². The van der Waals surface area contributed by atoms with Crippen molar-refractivity contribution in [2.75, 3.05) is 19.6 Å². The lowest BCUT2D eigenvalue weighted by atomic mass is 10.0. The Labute approximate surface area is 114 Å². The van der Waals surface area contributed by atoms with Gasteiger partial charge in [-0.25, -0.2) is 0 Å². The van der Waals surface area contributed by atoms with Gasteiger partial charge in [0.15, 0.2) is 0 Å². The molecule has 1 aromatic heterocycles. The van der Waals surface area contributed by atoms with Crippen molar-refractivity contribution >= 4 is 5.91 Å². The lowest BCUT2D eigenvalue weighted by Crippen LogP contribution is -2.40. The number of nitrogens with two attached hydrogens (primary N) is 1. The molecular formula is C15H24N2O2. The van der Waals surface area contributed by atoms with Gasteiger partial charge < -0.3 is 15.1 Å². The molecule has 1 aliphatic rings. The molecular weight excluding hydrogens is 240 g/mol. The summed E-state index contributed by atoms with van der Waals surface area (Å²) in [5.74, 6) is 1.78. The van der Waals surface area contributed by atoms with E-state index in [4.69, 9.17) is 10.2 Å². The Balaban J connectivity index is 1.97. The zero-order valence-electron chi connectivity index (χ0n) is 11.7. The van der Waals surface area contributed by atoms with Crippen molar-refractivity contribution in [3.05, 3.63) is 23.7 Å². The molecule has 4 heteroatoms. The molecule has 1 saturated heterocycles. The van der Waals surface area contributed by atoms with E-state index in [2.05, 4.69) is 0 Å². The number of nitrogens with zero attached hydrogens (tertiary/aromatic N) is 1. The largest absolute Gasteiger partial charge is 0.466 e. The highest BCUT2D eigenvalue weighted by Crippen LogP contribution is 2.17. The second-order valence-electron chi connectivity index (χ2n) is 5.39. The number of carbonyl (C=O) groups excluding carboxylic acids is 1. The van der Waals surface area contributed by atoms with Crippen molar-refractivity contribution in [1.82, 2.24) is 4.90 Å². The smallest absolute Gasteiger partial charge is 0.227 e. The van der Waals surface area contributed by atoms with Gasteiger partial charge in [0.25, 0.3) is 0 Å². The van der Waals surface area contributed by atoms with Crippen LogP contribution in [0.1, 0.15) is 37.2 Å². The summed E-state index contributed by atoms with van der Waals surface area (Å²) in [5, 5.41) is 0. The first-order chi connectivity index (χ1) is 9.20. The van der Waals surface area contributed by atoms with Crippen LogP contribution in [0.3, 0.4) is 0 Å². The minimum atomic E-state index is -0.149. The molecule has 1 fully saturated rings. The molecule has 0 spiro atoms. The monoisotopic (exact) mass is 264 g/mol. The number of furan rings is 1. The normalized spacial score (nSPS) is 18.1. The number of likely N-dealkylation sites (tertiary alicyclic amines) is 1. The van der Waals surface area contributed by atoms with Crippen LogP contribution in [0, 0.1) is 12.8 Å². The van der Waals surface area contributed by atoms with Crippen LogP contribution in [-0.4, -0.2) is 30.4 Å². The molecule has 1 unspecified atom stereocenters. The minimum Gasteiger partial charge on any atom is -0.466 e. The van der Waals surface area contributed by atoms with Crippen LogP contribution in [0.15, 0.2) is 16.5 Å². The Morgan fingerprint density at radius 1 is 1.32 bits per heavy atom. The fourth-order valence-electron chi connectivity index (χ4n) is 2.66. The Morgan fingerprint density at radius 2 is 2.00 bits per heavy atom. The Morgan fingerprint density at radius 3 is 2.53 bits per heavy atom. The maximum Gasteiger partial charge on any atom is 0.227 e. The first kappa shape index (κ1) is 14.1. The molecule has 1 aliphatic heterocycles. The van der Waals surface area contributed by atoms with E-state index in [1.165, 1.54) is 12.8 Å². The highest BCUT2D eigenvalue weighted by atomic mass is 16.3. The first-order valence-electron chi connectivity index (χ1n) is 7.25. The first-order valence-corrected chi connectivity index (χ1v) is 7.25. The summed E-state index contributed by atoms with van der Waals surface area (Å²) in [4.78, 5) is 14.5. The number of hydrogen-bond donors (Lipinski definition) is 1. The molecule has 106 valence electrons. The van der Waals surface area contributed by atoms with E-state index < -0.39 is 0 Å². The third-order valence-corrected chi connectivity index (χ3v) is 3.80. The topological polar surface area (TPSA) is 59.5 Å². The fourth-order valence-corrected chi connectivity index (χ4v) is 2.66. The van der Waals surface area contributed by atoms with Gasteiger partial charge in [-0.3, -0.25) is 4.79 Å². The summed E-state index contributed by atoms with van der Waals surface area (Å²) in [7, 11) is 0. The van der Waals surface area contributed by atoms with E-state index >= 15 is 0 Å². The van der Waals surface area contributed by atoms with Crippen LogP contribution >= 0.6 is 0 Å². The maximum absolute atomic E-state index is 12.5. The van der Waals surface area contributed by atoms with Gasteiger partial charge >= 0.3 is 0 Å². The molecule has 1 atom stereocenters. The molecule has 0 aromatic carbocycles. The average Bonchev–Trinajstić information content (AvgIpc) is 2.68. The third-order valence-electron chi connectivity index (χ3n) is 3.80. The predicted molar refractivity (Wildman–Crippen MR) is 74.7 cm³/mol. The van der Waals surface area contributed by atoms with E-state index in [0.29, 0.717) is 13.0 Å². The molecule has 1 aromatic rings. The van der Waals surface area contributed by atoms with Crippen LogP contribution in [-0.2, 0) is 11.2 Å². The zero-order valence-corrected chi connectivity index (χ0v) is 11.7. The summed E-state index contributed by atoms with van der Waals surface area (Å²) in [6.45, 7) is 4.06. The molecule has 2 heterocycles. The molecule has 0 bridgehead atoms. The summed E-state index contributed by atoms with van der Waals surface area (Å²) in [6.07, 6.45) is 5.30. The minimum absolute atomic E-state index is 0.149. The van der Waals surface area contributed by atoms with Gasteiger partial charge in [-0.2, -0.15) is 0 Å². The maximum atomic E-state index is 12.5. The number of aryl methyl sites for hydroxylation is 1. The molecule has 2 N–H and O–H groups in total. The van der Waals surface area contributed by atoms with Crippen molar-refractivity contribution in [3.8, 4) is 0 Å². The van der Waals surface area contributed by atoms with Crippen molar-refractivity contribution in [1.29, 1.82) is 0 Å². The molecule has 0 saturated carbocycles. The van der Waals surface area contributed by atoms with Crippen molar-refractivity contribution in [2.24, 2.45) is 11.7 Å². The van der Waals surface area contributed by atoms with E-state index in [-0.39, 0.29) is 11.8 Å². The fraction of sp³-hybridized carbons (Fsp3) is 0.667. The van der Waals surface area contributed by atoms with Gasteiger partial charge in [-0.05, 0) is 31.9 Å². The molecule has 0 aliphatic carbocycles. The van der Waals surface area contributed by atoms with Gasteiger partial charge in [0.05, 0.1) is 5.92 Å². The van der Waals surface area contributed by atoms with Crippen molar-refractivity contribution in [2.45, 2.75) is 39.0 Å². The molecule has 4 nitrogen and oxygen atoms in total. The second kappa shape index (κ2) is 6.75. The van der Waals surface area contributed by atoms with Crippen molar-refractivity contribution in [3.63, 3.8) is 0 Å². The Kier molecular flexibility index (Phi) is 5.02. The molecule has 1 amide bonds. The summed E-state index contributed by atoms with van der Waals surface area (Å²) in [5.41, 5.74) is 5.78. The standard InChI is InChI=1S/C15H24N2O2/c1-12-6-7-14(19-12)10-13(11-16)15(18)17-8-4-2-3-5-9-17/h6-7,13H,2-5,8-11,16H2,1H3. The molecule has 0 radical (unpaired) electrons. The van der Waals surface area contributed by atoms with E-state index in [1.54, 1.807) is 0 Å². The Hall–Kier alpha value is -1.29. The van der Waals surface area contributed by atoms with Crippen LogP contribution in [0.25, 0.3) is 0 Å². The number of hydrogen-bond acceptors (Lipinski definition) is 3. The zero-order chi connectivity index (χ0) is 13.7. The van der Waals surface area contributed by atoms with E-state index in [1.807, 2.05) is 24.0 Å². The predicted octanol–water partition coefficient (Wildman–Crippen LogP) is 2.11. The highest BCUT2D eigenvalue weighted by Gasteiger charge is 2.24. The number of amides is 1. The SMILES string of the molecule is Cc1ccc(CC(CN)C(=O)N2CCCCCC2)o1. The van der Waals surface area contributed by atoms with Gasteiger partial charge in [0, 0.05) is 26.1 Å². The third kappa shape index (κ3) is 3.83. The van der Waals surface area contributed by atoms with Gasteiger partial charge in [0.2, 0.25) is 5.91 Å². The van der Waals surface area contributed by atoms with Crippen molar-refractivity contribution < 1.29 is 9.21 Å². The van der Waals surface area contributed by atoms with Crippen LogP contribution < -0.4 is 5.73 Å².